The zero-order chi connectivity index (χ0) is 22.0. The third-order valence-electron chi connectivity index (χ3n) is 4.79. The number of benzene rings is 1. The maximum atomic E-state index is 13.1. The van der Waals surface area contributed by atoms with E-state index in [0.717, 1.165) is 27.0 Å². The second kappa shape index (κ2) is 9.01. The van der Waals surface area contributed by atoms with Crippen molar-refractivity contribution in [1.82, 2.24) is 25.1 Å². The molecular formula is C21H20ClN5O3S. The van der Waals surface area contributed by atoms with Gasteiger partial charge in [0.2, 0.25) is 0 Å². The molecule has 0 saturated carbocycles. The molecule has 3 aromatic heterocycles. The van der Waals surface area contributed by atoms with Crippen LogP contribution in [0.1, 0.15) is 28.5 Å². The highest BCUT2D eigenvalue weighted by Gasteiger charge is 2.19. The van der Waals surface area contributed by atoms with E-state index in [0.29, 0.717) is 35.3 Å². The molecule has 0 radical (unpaired) electrons. The van der Waals surface area contributed by atoms with Crippen LogP contribution in [0.3, 0.4) is 0 Å². The van der Waals surface area contributed by atoms with Gasteiger partial charge >= 0.3 is 0 Å². The highest BCUT2D eigenvalue weighted by Crippen LogP contribution is 2.34. The quantitative estimate of drug-likeness (QED) is 0.436. The van der Waals surface area contributed by atoms with Crippen molar-refractivity contribution in [2.75, 3.05) is 13.7 Å². The number of rotatable bonds is 7. The van der Waals surface area contributed by atoms with Crippen molar-refractivity contribution in [1.29, 1.82) is 0 Å². The molecule has 0 spiro atoms. The van der Waals surface area contributed by atoms with Crippen LogP contribution in [0.5, 0.6) is 5.75 Å². The first-order chi connectivity index (χ1) is 15.0. The fourth-order valence-corrected chi connectivity index (χ4v) is 4.29. The van der Waals surface area contributed by atoms with E-state index in [9.17, 15) is 9.90 Å². The molecule has 0 unspecified atom stereocenters. The van der Waals surface area contributed by atoms with E-state index in [1.165, 1.54) is 11.3 Å². The number of carbonyl (C=O) groups is 1. The first-order valence-corrected chi connectivity index (χ1v) is 10.8. The number of nitrogens with one attached hydrogen (secondary N) is 1. The molecule has 1 amide bonds. The molecule has 10 heteroatoms. The summed E-state index contributed by atoms with van der Waals surface area (Å²) in [5.74, 6) is 0.418. The molecule has 0 fully saturated rings. The van der Waals surface area contributed by atoms with Crippen LogP contribution in [0, 0.1) is 0 Å². The summed E-state index contributed by atoms with van der Waals surface area (Å²) in [4.78, 5) is 23.3. The molecule has 0 aliphatic heterocycles. The fourth-order valence-electron chi connectivity index (χ4n) is 3.32. The summed E-state index contributed by atoms with van der Waals surface area (Å²) < 4.78 is 5.77. The predicted octanol–water partition coefficient (Wildman–Crippen LogP) is 3.90. The highest BCUT2D eigenvalue weighted by atomic mass is 35.5. The summed E-state index contributed by atoms with van der Waals surface area (Å²) in [6.45, 7) is 2.49. The number of halogens is 1. The number of fused-ring (bicyclic) bond motifs is 1. The number of pyridine rings is 1. The topological polar surface area (TPSA) is 104 Å². The van der Waals surface area contributed by atoms with Gasteiger partial charge in [-0.3, -0.25) is 14.9 Å². The average Bonchev–Trinajstić information content (AvgIpc) is 3.43. The third-order valence-corrected chi connectivity index (χ3v) is 5.99. The monoisotopic (exact) mass is 457 g/mol. The molecule has 2 N–H and O–H groups in total. The van der Waals surface area contributed by atoms with Gasteiger partial charge in [-0.05, 0) is 25.1 Å². The number of nitrogens with zero attached hydrogens (tertiary/aromatic N) is 4. The number of aromatic nitrogens is 4. The van der Waals surface area contributed by atoms with Crippen LogP contribution in [-0.4, -0.2) is 49.7 Å². The Kier molecular flexibility index (Phi) is 6.17. The lowest BCUT2D eigenvalue weighted by atomic mass is 10.1. The minimum absolute atomic E-state index is 0.163. The molecule has 0 aliphatic carbocycles. The van der Waals surface area contributed by atoms with Gasteiger partial charge in [0.1, 0.15) is 15.9 Å². The Morgan fingerprint density at radius 3 is 2.90 bits per heavy atom. The number of carbonyl (C=O) groups excluding carboxylic acids is 1. The molecule has 0 aliphatic rings. The number of H-pyrrole nitrogens is 1. The molecule has 4 rings (SSSR count). The Hall–Kier alpha value is -3.01. The van der Waals surface area contributed by atoms with E-state index in [1.807, 2.05) is 13.0 Å². The smallest absolute Gasteiger partial charge is 0.254 e. The molecule has 0 saturated heterocycles. The summed E-state index contributed by atoms with van der Waals surface area (Å²) in [5.41, 5.74) is 3.39. The van der Waals surface area contributed by atoms with Crippen molar-refractivity contribution in [3.8, 4) is 16.3 Å². The zero-order valence-corrected chi connectivity index (χ0v) is 18.5. The molecule has 31 heavy (non-hydrogen) atoms. The number of hydrogen-bond acceptors (Lipinski definition) is 7. The number of amides is 1. The largest absolute Gasteiger partial charge is 0.493 e. The molecule has 1 aromatic carbocycles. The lowest BCUT2D eigenvalue weighted by Crippen LogP contribution is -2.26. The third kappa shape index (κ3) is 4.25. The lowest BCUT2D eigenvalue weighted by molar-refractivity contribution is 0.0785. The number of thiazole rings is 1. The molecule has 0 atom stereocenters. The zero-order valence-electron chi connectivity index (χ0n) is 16.9. The lowest BCUT2D eigenvalue weighted by Gasteiger charge is -2.19. The van der Waals surface area contributed by atoms with Gasteiger partial charge in [0.15, 0.2) is 0 Å². The number of aromatic amines is 1. The first-order valence-electron chi connectivity index (χ1n) is 9.56. The highest BCUT2D eigenvalue weighted by molar-refractivity contribution is 7.13. The average molecular weight is 458 g/mol. The van der Waals surface area contributed by atoms with Crippen molar-refractivity contribution >= 4 is 39.7 Å². The van der Waals surface area contributed by atoms with Crippen LogP contribution in [0.2, 0.25) is 5.15 Å². The van der Waals surface area contributed by atoms with Gasteiger partial charge in [-0.1, -0.05) is 11.6 Å². The van der Waals surface area contributed by atoms with E-state index >= 15 is 0 Å². The van der Waals surface area contributed by atoms with Gasteiger partial charge in [0.05, 0.1) is 36.2 Å². The second-order valence-electron chi connectivity index (χ2n) is 6.83. The summed E-state index contributed by atoms with van der Waals surface area (Å²) in [5, 5.41) is 20.1. The summed E-state index contributed by atoms with van der Waals surface area (Å²) in [6.07, 6.45) is 3.27. The van der Waals surface area contributed by atoms with Crippen molar-refractivity contribution in [3.63, 3.8) is 0 Å². The van der Waals surface area contributed by atoms with Crippen molar-refractivity contribution in [2.45, 2.75) is 20.1 Å². The number of aliphatic hydroxyl groups excluding tert-OH is 1. The van der Waals surface area contributed by atoms with Gasteiger partial charge in [-0.2, -0.15) is 5.10 Å². The molecular weight excluding hydrogens is 438 g/mol. The molecule has 3 heterocycles. The summed E-state index contributed by atoms with van der Waals surface area (Å²) in [6, 6.07) is 5.31. The maximum absolute atomic E-state index is 13.1. The molecule has 0 bridgehead atoms. The number of ether oxygens (including phenoxy) is 1. The maximum Gasteiger partial charge on any atom is 0.254 e. The predicted molar refractivity (Wildman–Crippen MR) is 119 cm³/mol. The van der Waals surface area contributed by atoms with Crippen molar-refractivity contribution < 1.29 is 14.6 Å². The molecule has 160 valence electrons. The van der Waals surface area contributed by atoms with E-state index in [-0.39, 0.29) is 12.5 Å². The van der Waals surface area contributed by atoms with E-state index < -0.39 is 0 Å². The van der Waals surface area contributed by atoms with E-state index in [1.54, 1.807) is 41.9 Å². The van der Waals surface area contributed by atoms with Crippen LogP contribution in [0.25, 0.3) is 21.5 Å². The Balaban J connectivity index is 1.60. The minimum Gasteiger partial charge on any atom is -0.493 e. The minimum atomic E-state index is -0.179. The van der Waals surface area contributed by atoms with Gasteiger partial charge in [0.25, 0.3) is 5.91 Å². The Bertz CT molecular complexity index is 1240. The molecule has 4 aromatic rings. The van der Waals surface area contributed by atoms with E-state index in [2.05, 4.69) is 20.2 Å². The Morgan fingerprint density at radius 1 is 1.35 bits per heavy atom. The van der Waals surface area contributed by atoms with Crippen LogP contribution in [0.4, 0.5) is 0 Å². The van der Waals surface area contributed by atoms with Crippen molar-refractivity contribution in [3.05, 3.63) is 57.9 Å². The van der Waals surface area contributed by atoms with Crippen LogP contribution < -0.4 is 4.74 Å². The normalized spacial score (nSPS) is 11.1. The Labute approximate surface area is 187 Å². The molecule has 8 nitrogen and oxygen atoms in total. The first kappa shape index (κ1) is 21.2. The number of hydrogen-bond donors (Lipinski definition) is 2. The second-order valence-corrected chi connectivity index (χ2v) is 8.07. The summed E-state index contributed by atoms with van der Waals surface area (Å²) >= 11 is 7.38. The Morgan fingerprint density at radius 2 is 2.19 bits per heavy atom. The van der Waals surface area contributed by atoms with Gasteiger partial charge in [-0.25, -0.2) is 4.98 Å². The van der Waals surface area contributed by atoms with Crippen LogP contribution >= 0.6 is 22.9 Å². The van der Waals surface area contributed by atoms with Crippen LogP contribution in [-0.2, 0) is 13.2 Å². The van der Waals surface area contributed by atoms with Gasteiger partial charge in [0, 0.05) is 41.7 Å². The SMILES string of the molecule is CCOc1cc(C(=O)N(C)Cc2cnc(CO)c3cn[nH]c23)ccc1-c1nc(Cl)cs1. The van der Waals surface area contributed by atoms with Crippen LogP contribution in [0.15, 0.2) is 36.0 Å². The van der Waals surface area contributed by atoms with Gasteiger partial charge < -0.3 is 14.7 Å². The number of aliphatic hydroxyl groups is 1. The van der Waals surface area contributed by atoms with Gasteiger partial charge in [-0.15, -0.1) is 11.3 Å². The summed E-state index contributed by atoms with van der Waals surface area (Å²) in [7, 11) is 1.72. The van der Waals surface area contributed by atoms with E-state index in [4.69, 9.17) is 16.3 Å². The standard InChI is InChI=1S/C21H20ClN5O3S/c1-3-30-17-6-12(4-5-14(17)20-25-18(22)11-31-20)21(29)27(2)9-13-7-23-16(10-28)15-8-24-26-19(13)15/h4-8,11,28H,3,9-10H2,1-2H3,(H,24,26). The fraction of sp³-hybridized carbons (Fsp3) is 0.238. The van der Waals surface area contributed by atoms with Crippen molar-refractivity contribution in [2.24, 2.45) is 0 Å².